The second-order valence-electron chi connectivity index (χ2n) is 6.62. The number of fused-ring (bicyclic) bond motifs is 1. The van der Waals surface area contributed by atoms with Crippen molar-refractivity contribution in [1.29, 1.82) is 0 Å². The Morgan fingerprint density at radius 2 is 2.16 bits per heavy atom. The summed E-state index contributed by atoms with van der Waals surface area (Å²) in [4.78, 5) is 1.67. The number of hydrogen-bond donors (Lipinski definition) is 1. The molecular weight excluding hydrogens is 250 g/mol. The fourth-order valence-electron chi connectivity index (χ4n) is 3.08. The van der Waals surface area contributed by atoms with Crippen molar-refractivity contribution in [3.8, 4) is 0 Å². The normalized spacial score (nSPS) is 19.5. The van der Waals surface area contributed by atoms with Crippen LogP contribution in [0.1, 0.15) is 63.0 Å². The van der Waals surface area contributed by atoms with Crippen molar-refractivity contribution in [3.63, 3.8) is 0 Å². The van der Waals surface area contributed by atoms with E-state index in [0.717, 1.165) is 19.0 Å². The molecular formula is C17H29NS. The molecule has 1 unspecified atom stereocenters. The Morgan fingerprint density at radius 3 is 2.84 bits per heavy atom. The van der Waals surface area contributed by atoms with Gasteiger partial charge in [-0.2, -0.15) is 0 Å². The van der Waals surface area contributed by atoms with Crippen molar-refractivity contribution in [2.75, 3.05) is 6.54 Å². The minimum atomic E-state index is 0.502. The van der Waals surface area contributed by atoms with Gasteiger partial charge in [0.25, 0.3) is 0 Å². The molecule has 0 aromatic carbocycles. The molecule has 108 valence electrons. The third kappa shape index (κ3) is 3.41. The predicted molar refractivity (Wildman–Crippen MR) is 85.9 cm³/mol. The summed E-state index contributed by atoms with van der Waals surface area (Å²) in [5.41, 5.74) is 3.75. The van der Waals surface area contributed by atoms with Crippen LogP contribution in [0.5, 0.6) is 0 Å². The topological polar surface area (TPSA) is 12.0 Å². The van der Waals surface area contributed by atoms with Crippen LogP contribution >= 0.6 is 11.3 Å². The summed E-state index contributed by atoms with van der Waals surface area (Å²) in [6.07, 6.45) is 6.51. The first-order valence-electron chi connectivity index (χ1n) is 7.87. The summed E-state index contributed by atoms with van der Waals surface area (Å²) < 4.78 is 0. The zero-order chi connectivity index (χ0) is 13.9. The van der Waals surface area contributed by atoms with Gasteiger partial charge >= 0.3 is 0 Å². The summed E-state index contributed by atoms with van der Waals surface area (Å²) in [5, 5.41) is 5.94. The lowest BCUT2D eigenvalue weighted by atomic mass is 9.69. The molecule has 1 aromatic rings. The second kappa shape index (κ2) is 6.41. The van der Waals surface area contributed by atoms with Crippen molar-refractivity contribution >= 4 is 11.3 Å². The maximum Gasteiger partial charge on any atom is 0.0216 e. The SMILES string of the molecule is CCCNCc1csc2c1CCC(C(C)(C)CC)C2. The van der Waals surface area contributed by atoms with Crippen LogP contribution in [0.15, 0.2) is 5.38 Å². The van der Waals surface area contributed by atoms with Gasteiger partial charge in [-0.05, 0) is 60.1 Å². The summed E-state index contributed by atoms with van der Waals surface area (Å²) >= 11 is 2.00. The van der Waals surface area contributed by atoms with Crippen LogP contribution in [0, 0.1) is 11.3 Å². The van der Waals surface area contributed by atoms with Crippen LogP contribution in [0.25, 0.3) is 0 Å². The Hall–Kier alpha value is -0.340. The van der Waals surface area contributed by atoms with Crippen molar-refractivity contribution < 1.29 is 0 Å². The maximum atomic E-state index is 3.55. The van der Waals surface area contributed by atoms with Gasteiger partial charge in [0.2, 0.25) is 0 Å². The van der Waals surface area contributed by atoms with E-state index in [2.05, 4.69) is 38.4 Å². The molecule has 1 N–H and O–H groups in total. The van der Waals surface area contributed by atoms with Gasteiger partial charge in [0, 0.05) is 11.4 Å². The quantitative estimate of drug-likeness (QED) is 0.738. The summed E-state index contributed by atoms with van der Waals surface area (Å²) in [6, 6.07) is 0. The lowest BCUT2D eigenvalue weighted by molar-refractivity contribution is 0.184. The smallest absolute Gasteiger partial charge is 0.0216 e. The molecule has 0 saturated carbocycles. The van der Waals surface area contributed by atoms with E-state index < -0.39 is 0 Å². The van der Waals surface area contributed by atoms with E-state index in [4.69, 9.17) is 0 Å². The molecule has 2 heteroatoms. The summed E-state index contributed by atoms with van der Waals surface area (Å²) in [6.45, 7) is 11.7. The first-order chi connectivity index (χ1) is 9.08. The van der Waals surface area contributed by atoms with Crippen LogP contribution in [-0.2, 0) is 19.4 Å². The molecule has 1 aliphatic carbocycles. The Balaban J connectivity index is 2.03. The van der Waals surface area contributed by atoms with Crippen LogP contribution < -0.4 is 5.32 Å². The highest BCUT2D eigenvalue weighted by Gasteiger charge is 2.32. The zero-order valence-electron chi connectivity index (χ0n) is 13.0. The van der Waals surface area contributed by atoms with Gasteiger partial charge in [0.05, 0.1) is 0 Å². The van der Waals surface area contributed by atoms with Gasteiger partial charge in [0.15, 0.2) is 0 Å². The Bertz CT molecular complexity index is 405. The van der Waals surface area contributed by atoms with E-state index in [-0.39, 0.29) is 0 Å². The fraction of sp³-hybridized carbons (Fsp3) is 0.765. The molecule has 0 spiro atoms. The second-order valence-corrected chi connectivity index (χ2v) is 7.59. The van der Waals surface area contributed by atoms with Gasteiger partial charge in [0.1, 0.15) is 0 Å². The first kappa shape index (κ1) is 15.1. The molecule has 0 bridgehead atoms. The third-order valence-electron chi connectivity index (χ3n) is 5.00. The monoisotopic (exact) mass is 279 g/mol. The summed E-state index contributed by atoms with van der Waals surface area (Å²) in [7, 11) is 0. The molecule has 0 saturated heterocycles. The highest BCUT2D eigenvalue weighted by atomic mass is 32.1. The van der Waals surface area contributed by atoms with Gasteiger partial charge in [-0.1, -0.05) is 34.1 Å². The average molecular weight is 279 g/mol. The molecule has 1 heterocycles. The Labute approximate surface area is 122 Å². The first-order valence-corrected chi connectivity index (χ1v) is 8.75. The van der Waals surface area contributed by atoms with Crippen LogP contribution in [0.2, 0.25) is 0 Å². The molecule has 1 atom stereocenters. The number of hydrogen-bond acceptors (Lipinski definition) is 2. The van der Waals surface area contributed by atoms with Crippen molar-refractivity contribution in [2.24, 2.45) is 11.3 Å². The minimum absolute atomic E-state index is 0.502. The van der Waals surface area contributed by atoms with Crippen LogP contribution in [0.3, 0.4) is 0 Å². The molecule has 1 aromatic heterocycles. The van der Waals surface area contributed by atoms with Crippen molar-refractivity contribution in [1.82, 2.24) is 5.32 Å². The zero-order valence-corrected chi connectivity index (χ0v) is 13.8. The van der Waals surface area contributed by atoms with Gasteiger partial charge in [-0.25, -0.2) is 0 Å². The third-order valence-corrected chi connectivity index (χ3v) is 6.10. The summed E-state index contributed by atoms with van der Waals surface area (Å²) in [5.74, 6) is 0.875. The molecule has 0 fully saturated rings. The minimum Gasteiger partial charge on any atom is -0.313 e. The van der Waals surface area contributed by atoms with Crippen molar-refractivity contribution in [2.45, 2.75) is 66.3 Å². The molecule has 1 aliphatic rings. The maximum absolute atomic E-state index is 3.55. The van der Waals surface area contributed by atoms with E-state index in [1.54, 1.807) is 16.0 Å². The number of thiophene rings is 1. The van der Waals surface area contributed by atoms with E-state index in [0.29, 0.717) is 5.41 Å². The molecule has 2 rings (SSSR count). The Morgan fingerprint density at radius 1 is 1.37 bits per heavy atom. The van der Waals surface area contributed by atoms with E-state index >= 15 is 0 Å². The van der Waals surface area contributed by atoms with Crippen LogP contribution in [0.4, 0.5) is 0 Å². The number of rotatable bonds is 6. The highest BCUT2D eigenvalue weighted by molar-refractivity contribution is 7.10. The van der Waals surface area contributed by atoms with Gasteiger partial charge < -0.3 is 5.32 Å². The molecule has 0 amide bonds. The van der Waals surface area contributed by atoms with Gasteiger partial charge in [-0.3, -0.25) is 0 Å². The molecule has 19 heavy (non-hydrogen) atoms. The standard InChI is InChI=1S/C17H29NS/c1-5-9-18-11-13-12-19-16-10-14(7-8-15(13)16)17(3,4)6-2/h12,14,18H,5-11H2,1-4H3. The lowest BCUT2D eigenvalue weighted by Crippen LogP contribution is -2.28. The fourth-order valence-corrected chi connectivity index (χ4v) is 4.27. The van der Waals surface area contributed by atoms with E-state index in [1.807, 2.05) is 11.3 Å². The number of nitrogens with one attached hydrogen (secondary N) is 1. The predicted octanol–water partition coefficient (Wildman–Crippen LogP) is 4.79. The van der Waals surface area contributed by atoms with E-state index in [9.17, 15) is 0 Å². The Kier molecular flexibility index (Phi) is 5.08. The largest absolute Gasteiger partial charge is 0.313 e. The lowest BCUT2D eigenvalue weighted by Gasteiger charge is -2.36. The van der Waals surface area contributed by atoms with E-state index in [1.165, 1.54) is 32.1 Å². The average Bonchev–Trinajstić information content (AvgIpc) is 2.82. The molecule has 0 radical (unpaired) electrons. The molecule has 1 nitrogen and oxygen atoms in total. The van der Waals surface area contributed by atoms with Gasteiger partial charge in [-0.15, -0.1) is 11.3 Å². The molecule has 0 aliphatic heterocycles. The van der Waals surface area contributed by atoms with Crippen molar-refractivity contribution in [3.05, 3.63) is 21.4 Å². The highest BCUT2D eigenvalue weighted by Crippen LogP contribution is 2.42. The van der Waals surface area contributed by atoms with Crippen LogP contribution in [-0.4, -0.2) is 6.54 Å².